The van der Waals surface area contributed by atoms with Crippen molar-refractivity contribution in [2.24, 2.45) is 10.9 Å². The number of hydrogen-bond donors (Lipinski definition) is 1. The normalized spacial score (nSPS) is 19.8. The molecule has 1 aliphatic heterocycles. The van der Waals surface area contributed by atoms with Gasteiger partial charge in [-0.2, -0.15) is 11.8 Å². The molecule has 0 aliphatic carbocycles. The van der Waals surface area contributed by atoms with Crippen molar-refractivity contribution >= 4 is 41.7 Å². The number of pyridine rings is 1. The number of rotatable bonds is 5. The smallest absolute Gasteiger partial charge is 0.193 e. The Morgan fingerprint density at radius 2 is 2.29 bits per heavy atom. The molecule has 4 nitrogen and oxygen atoms in total. The Morgan fingerprint density at radius 3 is 2.88 bits per heavy atom. The fourth-order valence-corrected chi connectivity index (χ4v) is 4.21. The highest BCUT2D eigenvalue weighted by atomic mass is 127. The first kappa shape index (κ1) is 21.5. The topological polar surface area (TPSA) is 40.5 Å². The molecule has 1 N–H and O–H groups in total. The van der Waals surface area contributed by atoms with Crippen molar-refractivity contribution in [1.29, 1.82) is 0 Å². The van der Waals surface area contributed by atoms with E-state index in [9.17, 15) is 0 Å². The number of hydrogen-bond acceptors (Lipinski definition) is 3. The second kappa shape index (κ2) is 11.2. The molecule has 0 spiro atoms. The number of halogens is 1. The van der Waals surface area contributed by atoms with Crippen LogP contribution in [0.3, 0.4) is 0 Å². The van der Waals surface area contributed by atoms with Gasteiger partial charge in [-0.1, -0.05) is 26.8 Å². The van der Waals surface area contributed by atoms with Crippen molar-refractivity contribution in [3.63, 3.8) is 0 Å². The molecule has 6 heteroatoms. The van der Waals surface area contributed by atoms with Crippen LogP contribution < -0.4 is 5.32 Å². The summed E-state index contributed by atoms with van der Waals surface area (Å²) in [6, 6.07) is 4.19. The van der Waals surface area contributed by atoms with Gasteiger partial charge in [-0.25, -0.2) is 0 Å². The van der Waals surface area contributed by atoms with Crippen LogP contribution in [0, 0.1) is 5.92 Å². The third-order valence-electron chi connectivity index (χ3n) is 4.50. The predicted molar refractivity (Wildman–Crippen MR) is 117 cm³/mol. The van der Waals surface area contributed by atoms with E-state index in [1.54, 1.807) is 0 Å². The van der Waals surface area contributed by atoms with Crippen LogP contribution in [-0.4, -0.2) is 53.5 Å². The number of thioether (sulfide) groups is 1. The van der Waals surface area contributed by atoms with Gasteiger partial charge >= 0.3 is 0 Å². The van der Waals surface area contributed by atoms with Crippen molar-refractivity contribution in [2.45, 2.75) is 38.4 Å². The molecule has 1 saturated heterocycles. The average Bonchev–Trinajstić information content (AvgIpc) is 2.59. The lowest BCUT2D eigenvalue weighted by molar-refractivity contribution is 0.399. The first-order chi connectivity index (χ1) is 11.2. The Morgan fingerprint density at radius 1 is 1.50 bits per heavy atom. The molecule has 2 heterocycles. The van der Waals surface area contributed by atoms with Crippen LogP contribution in [0.2, 0.25) is 0 Å². The van der Waals surface area contributed by atoms with Gasteiger partial charge in [-0.15, -0.1) is 24.0 Å². The van der Waals surface area contributed by atoms with Crippen molar-refractivity contribution in [3.8, 4) is 0 Å². The van der Waals surface area contributed by atoms with Gasteiger partial charge in [0.25, 0.3) is 0 Å². The second-order valence-electron chi connectivity index (χ2n) is 6.41. The third kappa shape index (κ3) is 6.10. The minimum absolute atomic E-state index is 0. The Kier molecular flexibility index (Phi) is 10.0. The van der Waals surface area contributed by atoms with Crippen LogP contribution in [0.25, 0.3) is 0 Å². The van der Waals surface area contributed by atoms with Crippen molar-refractivity contribution < 1.29 is 0 Å². The molecule has 2 rings (SSSR count). The summed E-state index contributed by atoms with van der Waals surface area (Å²) in [7, 11) is 1.89. The number of aliphatic imine (C=N–C) groups is 1. The Balaban J connectivity index is 0.00000288. The summed E-state index contributed by atoms with van der Waals surface area (Å²) < 4.78 is 0. The van der Waals surface area contributed by atoms with Crippen molar-refractivity contribution in [3.05, 3.63) is 30.1 Å². The van der Waals surface area contributed by atoms with Gasteiger partial charge in [0.15, 0.2) is 5.96 Å². The summed E-state index contributed by atoms with van der Waals surface area (Å²) in [5.41, 5.74) is 1.30. The maximum absolute atomic E-state index is 4.51. The first-order valence-electron chi connectivity index (χ1n) is 8.62. The van der Waals surface area contributed by atoms with Gasteiger partial charge in [-0.3, -0.25) is 9.98 Å². The fourth-order valence-electron chi connectivity index (χ4n) is 3.03. The van der Waals surface area contributed by atoms with E-state index in [0.717, 1.165) is 30.8 Å². The van der Waals surface area contributed by atoms with E-state index < -0.39 is 0 Å². The number of nitrogens with zero attached hydrogens (tertiary/aromatic N) is 3. The van der Waals surface area contributed by atoms with E-state index in [1.807, 2.05) is 25.5 Å². The van der Waals surface area contributed by atoms with Gasteiger partial charge in [-0.05, 0) is 24.0 Å². The van der Waals surface area contributed by atoms with Crippen molar-refractivity contribution in [2.75, 3.05) is 32.4 Å². The molecular formula is C18H31IN4S. The van der Waals surface area contributed by atoms with Crippen molar-refractivity contribution in [1.82, 2.24) is 15.2 Å². The van der Waals surface area contributed by atoms with Crippen LogP contribution in [0.4, 0.5) is 0 Å². The zero-order valence-electron chi connectivity index (χ0n) is 15.2. The summed E-state index contributed by atoms with van der Waals surface area (Å²) in [5.74, 6) is 3.24. The largest absolute Gasteiger partial charge is 0.356 e. The minimum atomic E-state index is 0. The summed E-state index contributed by atoms with van der Waals surface area (Å²) in [4.78, 5) is 11.2. The average molecular weight is 462 g/mol. The zero-order valence-corrected chi connectivity index (χ0v) is 18.4. The fraction of sp³-hybridized carbons (Fsp3) is 0.667. The quantitative estimate of drug-likeness (QED) is 0.410. The van der Waals surface area contributed by atoms with Crippen LogP contribution in [-0.2, 0) is 0 Å². The number of aromatic nitrogens is 1. The van der Waals surface area contributed by atoms with Crippen LogP contribution in [0.5, 0.6) is 0 Å². The summed E-state index contributed by atoms with van der Waals surface area (Å²) in [5, 5.41) is 4.33. The highest BCUT2D eigenvalue weighted by molar-refractivity contribution is 14.0. The maximum atomic E-state index is 4.51. The first-order valence-corrected chi connectivity index (χ1v) is 9.67. The van der Waals surface area contributed by atoms with E-state index in [1.165, 1.54) is 17.7 Å². The van der Waals surface area contributed by atoms with Crippen LogP contribution in [0.15, 0.2) is 29.5 Å². The van der Waals surface area contributed by atoms with Crippen LogP contribution in [0.1, 0.15) is 38.7 Å². The van der Waals surface area contributed by atoms with Gasteiger partial charge in [0, 0.05) is 56.0 Å². The van der Waals surface area contributed by atoms with E-state index in [0.29, 0.717) is 11.8 Å². The molecule has 0 radical (unpaired) electrons. The number of guanidine groups is 1. The maximum Gasteiger partial charge on any atom is 0.193 e. The molecule has 24 heavy (non-hydrogen) atoms. The highest BCUT2D eigenvalue weighted by Crippen LogP contribution is 2.24. The van der Waals surface area contributed by atoms with Gasteiger partial charge in [0.05, 0.1) is 0 Å². The molecule has 0 bridgehead atoms. The Hall–Kier alpha value is -0.500. The van der Waals surface area contributed by atoms with Gasteiger partial charge < -0.3 is 10.2 Å². The highest BCUT2D eigenvalue weighted by Gasteiger charge is 2.23. The van der Waals surface area contributed by atoms with E-state index in [2.05, 4.69) is 58.8 Å². The molecule has 1 aromatic rings. The Bertz CT molecular complexity index is 495. The van der Waals surface area contributed by atoms with Crippen LogP contribution >= 0.6 is 35.7 Å². The second-order valence-corrected chi connectivity index (χ2v) is 7.82. The summed E-state index contributed by atoms with van der Waals surface area (Å²) in [6.45, 7) is 9.89. The molecule has 1 fully saturated rings. The molecule has 0 aromatic carbocycles. The summed E-state index contributed by atoms with van der Waals surface area (Å²) >= 11 is 2.09. The monoisotopic (exact) mass is 462 g/mol. The molecule has 1 aliphatic rings. The molecule has 0 amide bonds. The molecular weight excluding hydrogens is 431 g/mol. The minimum Gasteiger partial charge on any atom is -0.356 e. The van der Waals surface area contributed by atoms with E-state index in [4.69, 9.17) is 0 Å². The number of nitrogens with one attached hydrogen (secondary N) is 1. The standard InChI is InChI=1S/C18H30N4S.HI/c1-5-16-13-22(9-10-23-16)18(19-4)21-12-17(14(2)3)15-7-6-8-20-11-15;/h6-8,11,14,16-17H,5,9-10,12-13H2,1-4H3,(H,19,21);1H. The van der Waals surface area contributed by atoms with E-state index >= 15 is 0 Å². The summed E-state index contributed by atoms with van der Waals surface area (Å²) in [6.07, 6.45) is 5.05. The Labute approximate surface area is 168 Å². The molecule has 0 saturated carbocycles. The van der Waals surface area contributed by atoms with Gasteiger partial charge in [0.2, 0.25) is 0 Å². The zero-order chi connectivity index (χ0) is 16.7. The predicted octanol–water partition coefficient (Wildman–Crippen LogP) is 3.84. The molecule has 2 unspecified atom stereocenters. The molecule has 2 atom stereocenters. The molecule has 136 valence electrons. The molecule has 1 aromatic heterocycles. The lowest BCUT2D eigenvalue weighted by Crippen LogP contribution is -2.49. The van der Waals surface area contributed by atoms with Gasteiger partial charge in [0.1, 0.15) is 0 Å². The lowest BCUT2D eigenvalue weighted by atomic mass is 9.89. The third-order valence-corrected chi connectivity index (χ3v) is 5.87. The lowest BCUT2D eigenvalue weighted by Gasteiger charge is -2.35. The SMILES string of the molecule is CCC1CN(C(=NC)NCC(c2cccnc2)C(C)C)CCS1.I. The van der Waals surface area contributed by atoms with E-state index in [-0.39, 0.29) is 24.0 Å².